The summed E-state index contributed by atoms with van der Waals surface area (Å²) in [5.74, 6) is 0.351. The Bertz CT molecular complexity index is 1450. The monoisotopic (exact) mass is 673 g/mol. The molecule has 44 heavy (non-hydrogen) atoms. The van der Waals surface area contributed by atoms with Gasteiger partial charge in [-0.05, 0) is 20.3 Å². The Morgan fingerprint density at radius 1 is 1.18 bits per heavy atom. The number of aryl methyl sites for hydroxylation is 1. The lowest BCUT2D eigenvalue weighted by Crippen LogP contribution is -3.00. The maximum Gasteiger partial charge on any atom is 0.277 e. The minimum absolute atomic E-state index is 0. The number of anilines is 2. The number of halogens is 3. The fourth-order valence-electron chi connectivity index (χ4n) is 5.14. The average molecular weight is 675 g/mol. The van der Waals surface area contributed by atoms with Gasteiger partial charge in [-0.15, -0.1) is 12.4 Å². The number of nitrogens with one attached hydrogen (secondary N) is 2. The van der Waals surface area contributed by atoms with E-state index in [9.17, 15) is 14.7 Å². The third kappa shape index (κ3) is 8.33. The SMILES string of the molecule is CCCCCOc1cc2c(cc1C(=O)N1CCNCC1)n(CC)c(CNC(=O)c1nc(Cl)c(N)nc1N)[n+]2C[C@H](C)O.Cl.[Cl-]. The van der Waals surface area contributed by atoms with E-state index in [0.717, 1.165) is 43.4 Å². The summed E-state index contributed by atoms with van der Waals surface area (Å²) in [5, 5.41) is 16.4. The van der Waals surface area contributed by atoms with E-state index in [2.05, 4.69) is 27.5 Å². The summed E-state index contributed by atoms with van der Waals surface area (Å²) < 4.78 is 10.2. The third-order valence-electron chi connectivity index (χ3n) is 7.21. The van der Waals surface area contributed by atoms with Crippen LogP contribution in [0.15, 0.2) is 12.1 Å². The lowest BCUT2D eigenvalue weighted by molar-refractivity contribution is -0.686. The number of unbranched alkanes of at least 4 members (excludes halogenated alkanes) is 2. The van der Waals surface area contributed by atoms with E-state index in [1.165, 1.54) is 0 Å². The van der Waals surface area contributed by atoms with Crippen molar-refractivity contribution < 1.29 is 36.4 Å². The van der Waals surface area contributed by atoms with E-state index in [4.69, 9.17) is 27.8 Å². The first-order chi connectivity index (χ1) is 20.2. The van der Waals surface area contributed by atoms with Gasteiger partial charge in [-0.2, -0.15) is 0 Å². The van der Waals surface area contributed by atoms with Crippen LogP contribution in [-0.2, 0) is 19.6 Å². The van der Waals surface area contributed by atoms with Crippen LogP contribution in [0.4, 0.5) is 11.6 Å². The topological polar surface area (TPSA) is 178 Å². The lowest BCUT2D eigenvalue weighted by atomic mass is 10.1. The van der Waals surface area contributed by atoms with Crippen molar-refractivity contribution in [3.05, 3.63) is 34.4 Å². The molecule has 2 amide bonds. The number of piperazine rings is 1. The number of hydrogen-bond acceptors (Lipinski definition) is 9. The van der Waals surface area contributed by atoms with Crippen LogP contribution in [0.3, 0.4) is 0 Å². The normalized spacial score (nSPS) is 13.6. The van der Waals surface area contributed by atoms with Gasteiger partial charge in [0.25, 0.3) is 17.6 Å². The van der Waals surface area contributed by atoms with Crippen LogP contribution in [-0.4, -0.2) is 75.2 Å². The van der Waals surface area contributed by atoms with E-state index < -0.39 is 12.0 Å². The minimum atomic E-state index is -0.686. The van der Waals surface area contributed by atoms with Crippen molar-refractivity contribution in [2.24, 2.45) is 0 Å². The number of carbonyl (C=O) groups excluding carboxylic acids is 2. The standard InChI is InChI=1S/C28H40ClN9O4.2ClH/c1-4-6-7-12-42-21-14-20-19(13-18(21)28(41)36-10-8-32-9-11-36)37(5-2)22(38(20)16-17(3)39)15-33-27(40)23-25(30)35-26(31)24(29)34-23;;/h13-14,17,32,39H,4-12,15-16H2,1-3H3,(H4-,30,31,33,35,40);2*1H/t17-;;/m0../s1. The summed E-state index contributed by atoms with van der Waals surface area (Å²) in [5.41, 5.74) is 13.5. The molecule has 0 bridgehead atoms. The van der Waals surface area contributed by atoms with E-state index >= 15 is 0 Å². The summed E-state index contributed by atoms with van der Waals surface area (Å²) in [6, 6.07) is 3.74. The molecule has 244 valence electrons. The Balaban J connectivity index is 0.00000337. The molecule has 4 rings (SSSR count). The van der Waals surface area contributed by atoms with Crippen molar-refractivity contribution in [2.75, 3.05) is 44.3 Å². The van der Waals surface area contributed by atoms with Crippen molar-refractivity contribution in [3.8, 4) is 5.75 Å². The smallest absolute Gasteiger partial charge is 0.277 e. The highest BCUT2D eigenvalue weighted by Crippen LogP contribution is 2.28. The third-order valence-corrected chi connectivity index (χ3v) is 7.49. The summed E-state index contributed by atoms with van der Waals surface area (Å²) in [4.78, 5) is 36.5. The maximum atomic E-state index is 13.7. The second-order valence-electron chi connectivity index (χ2n) is 10.4. The second kappa shape index (κ2) is 16.8. The van der Waals surface area contributed by atoms with Crippen molar-refractivity contribution in [1.29, 1.82) is 0 Å². The zero-order chi connectivity index (χ0) is 30.4. The highest BCUT2D eigenvalue weighted by atomic mass is 35.5. The fourth-order valence-corrected chi connectivity index (χ4v) is 5.26. The molecule has 7 N–H and O–H groups in total. The number of amides is 2. The number of nitrogen functional groups attached to an aromatic ring is 2. The number of nitrogens with zero attached hydrogens (tertiary/aromatic N) is 5. The van der Waals surface area contributed by atoms with E-state index in [-0.39, 0.29) is 66.3 Å². The summed E-state index contributed by atoms with van der Waals surface area (Å²) >= 11 is 5.98. The first-order valence-electron chi connectivity index (χ1n) is 14.4. The molecule has 1 aliphatic heterocycles. The number of fused-ring (bicyclic) bond motifs is 1. The zero-order valence-corrected chi connectivity index (χ0v) is 27.6. The minimum Gasteiger partial charge on any atom is -1.00 e. The van der Waals surface area contributed by atoms with Gasteiger partial charge in [-0.25, -0.2) is 19.1 Å². The number of hydrogen-bond donors (Lipinski definition) is 5. The molecule has 0 unspecified atom stereocenters. The predicted octanol–water partition coefficient (Wildman–Crippen LogP) is -1.09. The highest BCUT2D eigenvalue weighted by molar-refractivity contribution is 6.31. The quantitative estimate of drug-likeness (QED) is 0.118. The average Bonchev–Trinajstić information content (AvgIpc) is 3.25. The molecular formula is C28H42Cl3N9O4. The molecule has 0 radical (unpaired) electrons. The number of benzene rings is 1. The van der Waals surface area contributed by atoms with Gasteiger partial charge >= 0.3 is 0 Å². The number of ether oxygens (including phenoxy) is 1. The van der Waals surface area contributed by atoms with Crippen LogP contribution < -0.4 is 43.8 Å². The highest BCUT2D eigenvalue weighted by Gasteiger charge is 2.31. The molecule has 1 saturated heterocycles. The number of nitrogens with two attached hydrogens (primary N) is 2. The van der Waals surface area contributed by atoms with Crippen LogP contribution in [0.25, 0.3) is 11.0 Å². The summed E-state index contributed by atoms with van der Waals surface area (Å²) in [7, 11) is 0. The molecule has 2 aromatic heterocycles. The van der Waals surface area contributed by atoms with Gasteiger partial charge in [0.2, 0.25) is 0 Å². The molecule has 1 fully saturated rings. The number of aliphatic hydroxyl groups is 1. The van der Waals surface area contributed by atoms with Gasteiger partial charge in [0, 0.05) is 38.3 Å². The molecule has 1 aromatic carbocycles. The Morgan fingerprint density at radius 3 is 2.52 bits per heavy atom. The van der Waals surface area contributed by atoms with E-state index in [0.29, 0.717) is 43.4 Å². The van der Waals surface area contributed by atoms with Gasteiger partial charge in [0.05, 0.1) is 24.8 Å². The Labute approximate surface area is 274 Å². The van der Waals surface area contributed by atoms with Crippen LogP contribution in [0.5, 0.6) is 5.75 Å². The molecule has 0 spiro atoms. The molecule has 1 atom stereocenters. The van der Waals surface area contributed by atoms with Crippen molar-refractivity contribution in [3.63, 3.8) is 0 Å². The Hall–Kier alpha value is -3.10. The summed E-state index contributed by atoms with van der Waals surface area (Å²) in [6.07, 6.45) is 2.26. The van der Waals surface area contributed by atoms with Crippen LogP contribution in [0, 0.1) is 0 Å². The van der Waals surface area contributed by atoms with Crippen LogP contribution >= 0.6 is 24.0 Å². The number of imidazole rings is 1. The molecule has 16 heteroatoms. The Kier molecular flexibility index (Phi) is 14.2. The van der Waals surface area contributed by atoms with E-state index in [1.807, 2.05) is 33.1 Å². The second-order valence-corrected chi connectivity index (χ2v) is 10.7. The number of aromatic nitrogens is 4. The Morgan fingerprint density at radius 2 is 1.89 bits per heavy atom. The molecule has 13 nitrogen and oxygen atoms in total. The first-order valence-corrected chi connectivity index (χ1v) is 14.8. The van der Waals surface area contributed by atoms with Crippen LogP contribution in [0.1, 0.15) is 66.7 Å². The van der Waals surface area contributed by atoms with Gasteiger partial charge < -0.3 is 49.3 Å². The largest absolute Gasteiger partial charge is 1.00 e. The molecular weight excluding hydrogens is 633 g/mol. The lowest BCUT2D eigenvalue weighted by Gasteiger charge is -2.28. The molecule has 0 aliphatic carbocycles. The number of rotatable bonds is 12. The van der Waals surface area contributed by atoms with Gasteiger partial charge in [-0.3, -0.25) is 9.59 Å². The van der Waals surface area contributed by atoms with Gasteiger partial charge in [-0.1, -0.05) is 31.4 Å². The van der Waals surface area contributed by atoms with Crippen LogP contribution in [0.2, 0.25) is 5.15 Å². The van der Waals surface area contributed by atoms with Crippen molar-refractivity contribution >= 4 is 58.5 Å². The van der Waals surface area contributed by atoms with Gasteiger partial charge in [0.1, 0.15) is 18.8 Å². The number of carbonyl (C=O) groups is 2. The molecule has 0 saturated carbocycles. The predicted molar refractivity (Wildman–Crippen MR) is 168 cm³/mol. The summed E-state index contributed by atoms with van der Waals surface area (Å²) in [6.45, 7) is 9.86. The number of aliphatic hydroxyl groups excluding tert-OH is 1. The first kappa shape index (κ1) is 37.1. The maximum absolute atomic E-state index is 13.7. The molecule has 1 aliphatic rings. The molecule has 3 heterocycles. The molecule has 3 aromatic rings. The van der Waals surface area contributed by atoms with E-state index in [1.54, 1.807) is 6.92 Å². The van der Waals surface area contributed by atoms with Gasteiger partial charge in [0.15, 0.2) is 33.5 Å². The fraction of sp³-hybridized carbons (Fsp3) is 0.536. The van der Waals surface area contributed by atoms with Crippen molar-refractivity contribution in [2.45, 2.75) is 65.8 Å². The van der Waals surface area contributed by atoms with Crippen molar-refractivity contribution in [1.82, 2.24) is 30.1 Å². The zero-order valence-electron chi connectivity index (χ0n) is 25.2.